The molecule has 0 aromatic carbocycles. The fraction of sp³-hybridized carbons (Fsp3) is 0.190. The molecule has 0 bridgehead atoms. The SMILES string of the molecule is C=C(C)/C=C(/C)C(=C)OC(=O)C(=C)/C=C\C(=C)C(=C)/C(F)=C\CC. The Morgan fingerprint density at radius 2 is 1.58 bits per heavy atom. The molecular weight excluding hydrogens is 303 g/mol. The van der Waals surface area contributed by atoms with Gasteiger partial charge in [-0.25, -0.2) is 9.18 Å². The van der Waals surface area contributed by atoms with Gasteiger partial charge in [0.15, 0.2) is 0 Å². The van der Waals surface area contributed by atoms with Crippen LogP contribution in [0.25, 0.3) is 0 Å². The van der Waals surface area contributed by atoms with E-state index in [1.807, 2.05) is 13.8 Å². The molecule has 0 amide bonds. The molecule has 0 radical (unpaired) electrons. The fourth-order valence-corrected chi connectivity index (χ4v) is 1.53. The molecule has 2 nitrogen and oxygen atoms in total. The molecule has 0 aliphatic carbocycles. The van der Waals surface area contributed by atoms with E-state index in [0.29, 0.717) is 17.6 Å². The van der Waals surface area contributed by atoms with Crippen LogP contribution in [0.2, 0.25) is 0 Å². The minimum Gasteiger partial charge on any atom is -0.423 e. The van der Waals surface area contributed by atoms with Crippen LogP contribution in [0, 0.1) is 0 Å². The first-order valence-electron chi connectivity index (χ1n) is 7.46. The molecule has 128 valence electrons. The van der Waals surface area contributed by atoms with Crippen LogP contribution >= 0.6 is 0 Å². The Kier molecular flexibility index (Phi) is 9.03. The Morgan fingerprint density at radius 3 is 2.08 bits per heavy atom. The summed E-state index contributed by atoms with van der Waals surface area (Å²) in [4.78, 5) is 11.9. The van der Waals surface area contributed by atoms with Gasteiger partial charge < -0.3 is 4.74 Å². The van der Waals surface area contributed by atoms with Crippen LogP contribution in [0.1, 0.15) is 27.2 Å². The highest BCUT2D eigenvalue weighted by Crippen LogP contribution is 2.20. The number of carbonyl (C=O) groups is 1. The second-order valence-electron chi connectivity index (χ2n) is 5.31. The van der Waals surface area contributed by atoms with Crippen molar-refractivity contribution in [3.8, 4) is 0 Å². The summed E-state index contributed by atoms with van der Waals surface area (Å²) in [5.74, 6) is -0.860. The van der Waals surface area contributed by atoms with E-state index in [1.165, 1.54) is 18.2 Å². The van der Waals surface area contributed by atoms with Gasteiger partial charge in [-0.15, -0.1) is 0 Å². The zero-order valence-corrected chi connectivity index (χ0v) is 14.7. The maximum absolute atomic E-state index is 13.6. The predicted octanol–water partition coefficient (Wildman–Crippen LogP) is 6.05. The monoisotopic (exact) mass is 328 g/mol. The Hall–Kier alpha value is -2.68. The third-order valence-electron chi connectivity index (χ3n) is 2.93. The topological polar surface area (TPSA) is 26.3 Å². The molecule has 0 heterocycles. The van der Waals surface area contributed by atoms with E-state index in [2.05, 4.69) is 32.9 Å². The van der Waals surface area contributed by atoms with Crippen LogP contribution in [0.5, 0.6) is 0 Å². The lowest BCUT2D eigenvalue weighted by Crippen LogP contribution is -2.06. The summed E-state index contributed by atoms with van der Waals surface area (Å²) in [5, 5.41) is 0. The van der Waals surface area contributed by atoms with Crippen molar-refractivity contribution in [1.82, 2.24) is 0 Å². The zero-order chi connectivity index (χ0) is 18.9. The summed E-state index contributed by atoms with van der Waals surface area (Å²) >= 11 is 0. The first-order valence-corrected chi connectivity index (χ1v) is 7.46. The number of hydrogen-bond acceptors (Lipinski definition) is 2. The van der Waals surface area contributed by atoms with Gasteiger partial charge in [-0.1, -0.05) is 57.5 Å². The Balaban J connectivity index is 4.83. The lowest BCUT2D eigenvalue weighted by atomic mass is 10.1. The third-order valence-corrected chi connectivity index (χ3v) is 2.93. The minimum absolute atomic E-state index is 0.0908. The Morgan fingerprint density at radius 1 is 1.04 bits per heavy atom. The summed E-state index contributed by atoms with van der Waals surface area (Å²) in [6.07, 6.45) is 6.59. The highest BCUT2D eigenvalue weighted by molar-refractivity contribution is 5.91. The van der Waals surface area contributed by atoms with Crippen molar-refractivity contribution in [1.29, 1.82) is 0 Å². The average Bonchev–Trinajstić information content (AvgIpc) is 2.50. The molecular formula is C21H25FO2. The highest BCUT2D eigenvalue weighted by atomic mass is 19.1. The van der Waals surface area contributed by atoms with Gasteiger partial charge in [0.05, 0.1) is 5.57 Å². The summed E-state index contributed by atoms with van der Waals surface area (Å²) in [7, 11) is 0. The van der Waals surface area contributed by atoms with E-state index in [4.69, 9.17) is 4.74 Å². The summed E-state index contributed by atoms with van der Waals surface area (Å²) in [6.45, 7) is 23.8. The maximum Gasteiger partial charge on any atom is 0.342 e. The van der Waals surface area contributed by atoms with E-state index >= 15 is 0 Å². The number of carbonyl (C=O) groups excluding carboxylic acids is 1. The molecule has 24 heavy (non-hydrogen) atoms. The molecule has 0 aliphatic rings. The molecule has 0 spiro atoms. The van der Waals surface area contributed by atoms with Crippen LogP contribution in [-0.2, 0) is 9.53 Å². The smallest absolute Gasteiger partial charge is 0.342 e. The van der Waals surface area contributed by atoms with Crippen molar-refractivity contribution in [3.05, 3.63) is 96.7 Å². The molecule has 0 aliphatic heterocycles. The number of hydrogen-bond donors (Lipinski definition) is 0. The molecule has 0 rings (SSSR count). The van der Waals surface area contributed by atoms with Crippen molar-refractivity contribution in [2.75, 3.05) is 0 Å². The van der Waals surface area contributed by atoms with Gasteiger partial charge in [0.2, 0.25) is 0 Å². The fourth-order valence-electron chi connectivity index (χ4n) is 1.53. The Bertz CT molecular complexity index is 670. The van der Waals surface area contributed by atoms with E-state index < -0.39 is 11.8 Å². The van der Waals surface area contributed by atoms with Gasteiger partial charge in [0.1, 0.15) is 11.6 Å². The second-order valence-corrected chi connectivity index (χ2v) is 5.31. The number of rotatable bonds is 9. The molecule has 0 aromatic heterocycles. The van der Waals surface area contributed by atoms with Crippen molar-refractivity contribution < 1.29 is 13.9 Å². The number of ether oxygens (including phenoxy) is 1. The maximum atomic E-state index is 13.6. The highest BCUT2D eigenvalue weighted by Gasteiger charge is 2.10. The molecule has 0 N–H and O–H groups in total. The molecule has 0 saturated carbocycles. The van der Waals surface area contributed by atoms with E-state index in [0.717, 1.165) is 5.57 Å². The van der Waals surface area contributed by atoms with Gasteiger partial charge in [-0.05, 0) is 43.6 Å². The molecule has 0 unspecified atom stereocenters. The van der Waals surface area contributed by atoms with Gasteiger partial charge in [-0.2, -0.15) is 0 Å². The minimum atomic E-state index is -0.645. The molecule has 3 heteroatoms. The van der Waals surface area contributed by atoms with Gasteiger partial charge in [0, 0.05) is 5.57 Å². The van der Waals surface area contributed by atoms with Crippen molar-refractivity contribution in [2.45, 2.75) is 27.2 Å². The summed E-state index contributed by atoms with van der Waals surface area (Å²) in [6, 6.07) is 0. The van der Waals surface area contributed by atoms with E-state index in [-0.39, 0.29) is 16.9 Å². The van der Waals surface area contributed by atoms with Crippen LogP contribution in [0.4, 0.5) is 4.39 Å². The van der Waals surface area contributed by atoms with Crippen molar-refractivity contribution in [3.63, 3.8) is 0 Å². The average molecular weight is 328 g/mol. The zero-order valence-electron chi connectivity index (χ0n) is 14.7. The largest absolute Gasteiger partial charge is 0.423 e. The second kappa shape index (κ2) is 10.2. The van der Waals surface area contributed by atoms with E-state index in [9.17, 15) is 9.18 Å². The standard InChI is InChI=1S/C21H25FO2/c1-9-10-20(22)18(7)15(4)11-12-16(5)21(23)24-19(8)17(6)13-14(2)3/h10-13H,2,4-5,7-9H2,1,3,6H3/b12-11-,17-13-,20-10+. The lowest BCUT2D eigenvalue weighted by molar-refractivity contribution is -0.134. The Labute approximate surface area is 144 Å². The first-order chi connectivity index (χ1) is 11.1. The summed E-state index contributed by atoms with van der Waals surface area (Å²) < 4.78 is 18.7. The lowest BCUT2D eigenvalue weighted by Gasteiger charge is -2.08. The number of halogens is 1. The van der Waals surface area contributed by atoms with Crippen molar-refractivity contribution in [2.24, 2.45) is 0 Å². The molecule has 0 atom stereocenters. The quantitative estimate of drug-likeness (QED) is 0.223. The van der Waals surface area contributed by atoms with Crippen LogP contribution < -0.4 is 0 Å². The number of esters is 1. The molecule has 0 fully saturated rings. The number of allylic oxidation sites excluding steroid dienone is 8. The van der Waals surface area contributed by atoms with Crippen LogP contribution in [-0.4, -0.2) is 5.97 Å². The van der Waals surface area contributed by atoms with E-state index in [1.54, 1.807) is 13.0 Å². The molecule has 0 saturated heterocycles. The van der Waals surface area contributed by atoms with Crippen LogP contribution in [0.3, 0.4) is 0 Å². The first kappa shape index (κ1) is 21.3. The molecule has 0 aromatic rings. The predicted molar refractivity (Wildman–Crippen MR) is 99.8 cm³/mol. The van der Waals surface area contributed by atoms with Crippen LogP contribution in [0.15, 0.2) is 96.7 Å². The van der Waals surface area contributed by atoms with Gasteiger partial charge >= 0.3 is 5.97 Å². The van der Waals surface area contributed by atoms with Gasteiger partial charge in [0.25, 0.3) is 0 Å². The van der Waals surface area contributed by atoms with Crippen molar-refractivity contribution >= 4 is 5.97 Å². The van der Waals surface area contributed by atoms with Gasteiger partial charge in [-0.3, -0.25) is 0 Å². The summed E-state index contributed by atoms with van der Waals surface area (Å²) in [5.41, 5.74) is 2.12. The normalized spacial score (nSPS) is 12.0. The third kappa shape index (κ3) is 7.54.